The van der Waals surface area contributed by atoms with E-state index >= 15 is 0 Å². The average molecular weight is 422 g/mol. The fourth-order valence-corrected chi connectivity index (χ4v) is 3.80. The van der Waals surface area contributed by atoms with Crippen molar-refractivity contribution in [1.29, 1.82) is 0 Å². The number of thioether (sulfide) groups is 1. The largest absolute Gasteiger partial charge is 0.493 e. The number of benzene rings is 2. The predicted molar refractivity (Wildman–Crippen MR) is 105 cm³/mol. The van der Waals surface area contributed by atoms with Crippen LogP contribution in [-0.4, -0.2) is 39.0 Å². The van der Waals surface area contributed by atoms with E-state index in [1.807, 2.05) is 6.26 Å². The molecule has 0 bridgehead atoms. The minimum absolute atomic E-state index is 0.118. The Bertz CT molecular complexity index is 1050. The van der Waals surface area contributed by atoms with Crippen molar-refractivity contribution in [3.05, 3.63) is 48.4 Å². The van der Waals surface area contributed by atoms with Gasteiger partial charge in [-0.2, -0.15) is 4.98 Å². The first kappa shape index (κ1) is 20.2. The fourth-order valence-electron chi connectivity index (χ4n) is 2.41. The zero-order valence-electron chi connectivity index (χ0n) is 15.5. The summed E-state index contributed by atoms with van der Waals surface area (Å²) in [5.74, 6) is 1.57. The Hall–Kier alpha value is -2.56. The van der Waals surface area contributed by atoms with Gasteiger partial charge in [0.1, 0.15) is 0 Å². The first-order chi connectivity index (χ1) is 13.5. The van der Waals surface area contributed by atoms with Gasteiger partial charge in [-0.1, -0.05) is 5.16 Å². The van der Waals surface area contributed by atoms with E-state index in [0.29, 0.717) is 22.9 Å². The third-order valence-corrected chi connectivity index (χ3v) is 6.05. The van der Waals surface area contributed by atoms with Gasteiger partial charge in [0.25, 0.3) is 0 Å². The van der Waals surface area contributed by atoms with Crippen molar-refractivity contribution >= 4 is 21.8 Å². The number of nitrogens with one attached hydrogen (secondary N) is 1. The lowest BCUT2D eigenvalue weighted by Gasteiger charge is -2.07. The van der Waals surface area contributed by atoms with Crippen LogP contribution in [-0.2, 0) is 16.6 Å². The van der Waals surface area contributed by atoms with Gasteiger partial charge in [0.05, 0.1) is 25.7 Å². The molecular weight excluding hydrogens is 402 g/mol. The van der Waals surface area contributed by atoms with Crippen LogP contribution in [0.5, 0.6) is 11.5 Å². The maximum atomic E-state index is 12.4. The molecule has 1 heterocycles. The van der Waals surface area contributed by atoms with E-state index in [1.165, 1.54) is 18.9 Å². The second kappa shape index (κ2) is 8.63. The van der Waals surface area contributed by atoms with E-state index in [2.05, 4.69) is 14.9 Å². The van der Waals surface area contributed by atoms with E-state index in [-0.39, 0.29) is 17.3 Å². The molecule has 0 amide bonds. The second-order valence-electron chi connectivity index (χ2n) is 5.58. The lowest BCUT2D eigenvalue weighted by Crippen LogP contribution is -2.23. The topological polar surface area (TPSA) is 104 Å². The first-order valence-corrected chi connectivity index (χ1v) is 10.9. The molecule has 10 heteroatoms. The minimum atomic E-state index is -3.68. The second-order valence-corrected chi connectivity index (χ2v) is 8.23. The van der Waals surface area contributed by atoms with Gasteiger partial charge in [-0.05, 0) is 48.7 Å². The lowest BCUT2D eigenvalue weighted by molar-refractivity contribution is 0.355. The molecule has 0 atom stereocenters. The molecule has 0 fully saturated rings. The number of rotatable bonds is 8. The summed E-state index contributed by atoms with van der Waals surface area (Å²) in [5.41, 5.74) is 0.656. The molecule has 0 aliphatic heterocycles. The molecule has 3 rings (SSSR count). The van der Waals surface area contributed by atoms with Gasteiger partial charge in [0, 0.05) is 10.5 Å². The molecule has 0 aliphatic rings. The molecule has 0 aliphatic carbocycles. The Kier molecular flexibility index (Phi) is 6.22. The summed E-state index contributed by atoms with van der Waals surface area (Å²) in [6.07, 6.45) is 1.92. The molecular formula is C18H19N3O5S2. The van der Waals surface area contributed by atoms with Crippen LogP contribution >= 0.6 is 11.8 Å². The van der Waals surface area contributed by atoms with Gasteiger partial charge >= 0.3 is 0 Å². The summed E-state index contributed by atoms with van der Waals surface area (Å²) >= 11 is 1.54. The van der Waals surface area contributed by atoms with Crippen molar-refractivity contribution < 1.29 is 22.4 Å². The van der Waals surface area contributed by atoms with Crippen LogP contribution in [0.2, 0.25) is 0 Å². The minimum Gasteiger partial charge on any atom is -0.493 e. The Labute approximate surface area is 167 Å². The molecule has 148 valence electrons. The molecule has 0 saturated heterocycles. The van der Waals surface area contributed by atoms with Gasteiger partial charge in [-0.3, -0.25) is 0 Å². The molecule has 1 aromatic heterocycles. The fraction of sp³-hybridized carbons (Fsp3) is 0.222. The van der Waals surface area contributed by atoms with E-state index in [1.54, 1.807) is 49.6 Å². The summed E-state index contributed by atoms with van der Waals surface area (Å²) in [6, 6.07) is 11.8. The number of aromatic nitrogens is 2. The van der Waals surface area contributed by atoms with Gasteiger partial charge in [0.2, 0.25) is 21.7 Å². The van der Waals surface area contributed by atoms with Gasteiger partial charge < -0.3 is 14.0 Å². The highest BCUT2D eigenvalue weighted by Crippen LogP contribution is 2.31. The first-order valence-electron chi connectivity index (χ1n) is 8.15. The quantitative estimate of drug-likeness (QED) is 0.554. The van der Waals surface area contributed by atoms with Crippen LogP contribution in [0.3, 0.4) is 0 Å². The zero-order chi connectivity index (χ0) is 20.1. The predicted octanol–water partition coefficient (Wildman–Crippen LogP) is 2.95. The third kappa shape index (κ3) is 4.46. The van der Waals surface area contributed by atoms with Crippen molar-refractivity contribution in [2.45, 2.75) is 16.3 Å². The standard InChI is InChI=1S/C18H19N3O5S2/c1-24-15-9-4-12(10-16(15)25-2)18-20-17(26-21-18)11-19-28(22,23)14-7-5-13(27-3)6-8-14/h4-10,19H,11H2,1-3H3. The van der Waals surface area contributed by atoms with E-state index < -0.39 is 10.0 Å². The van der Waals surface area contributed by atoms with Crippen LogP contribution in [0.1, 0.15) is 5.89 Å². The van der Waals surface area contributed by atoms with Gasteiger partial charge in [-0.25, -0.2) is 13.1 Å². The number of hydrogen-bond donors (Lipinski definition) is 1. The number of methoxy groups -OCH3 is 2. The molecule has 8 nitrogen and oxygen atoms in total. The highest BCUT2D eigenvalue weighted by Gasteiger charge is 2.17. The van der Waals surface area contributed by atoms with Gasteiger partial charge in [-0.15, -0.1) is 11.8 Å². The third-order valence-electron chi connectivity index (χ3n) is 3.89. The SMILES string of the molecule is COc1ccc(-c2noc(CNS(=O)(=O)c3ccc(SC)cc3)n2)cc1OC. The molecule has 0 unspecified atom stereocenters. The maximum Gasteiger partial charge on any atom is 0.242 e. The Morgan fingerprint density at radius 2 is 1.79 bits per heavy atom. The smallest absolute Gasteiger partial charge is 0.242 e. The van der Waals surface area contributed by atoms with Crippen molar-refractivity contribution in [2.75, 3.05) is 20.5 Å². The van der Waals surface area contributed by atoms with Crippen LogP contribution in [0.15, 0.2) is 56.8 Å². The Morgan fingerprint density at radius 3 is 2.43 bits per heavy atom. The van der Waals surface area contributed by atoms with Crippen molar-refractivity contribution in [3.63, 3.8) is 0 Å². The van der Waals surface area contributed by atoms with Crippen molar-refractivity contribution in [2.24, 2.45) is 0 Å². The van der Waals surface area contributed by atoms with Crippen molar-refractivity contribution in [3.8, 4) is 22.9 Å². The number of hydrogen-bond acceptors (Lipinski definition) is 8. The maximum absolute atomic E-state index is 12.4. The molecule has 1 N–H and O–H groups in total. The van der Waals surface area contributed by atoms with Crippen LogP contribution in [0, 0.1) is 0 Å². The Morgan fingerprint density at radius 1 is 1.07 bits per heavy atom. The highest BCUT2D eigenvalue weighted by molar-refractivity contribution is 7.98. The highest BCUT2D eigenvalue weighted by atomic mass is 32.2. The summed E-state index contributed by atoms with van der Waals surface area (Å²) in [4.78, 5) is 5.38. The van der Waals surface area contributed by atoms with E-state index in [0.717, 1.165) is 4.90 Å². The van der Waals surface area contributed by atoms with Gasteiger partial charge in [0.15, 0.2) is 11.5 Å². The molecule has 3 aromatic rings. The van der Waals surface area contributed by atoms with Crippen LogP contribution < -0.4 is 14.2 Å². The normalized spacial score (nSPS) is 11.4. The van der Waals surface area contributed by atoms with E-state index in [4.69, 9.17) is 14.0 Å². The van der Waals surface area contributed by atoms with Crippen LogP contribution in [0.4, 0.5) is 0 Å². The molecule has 0 radical (unpaired) electrons. The van der Waals surface area contributed by atoms with E-state index in [9.17, 15) is 8.42 Å². The molecule has 2 aromatic carbocycles. The average Bonchev–Trinajstić information content (AvgIpc) is 3.21. The summed E-state index contributed by atoms with van der Waals surface area (Å²) in [5, 5.41) is 3.89. The molecule has 0 spiro atoms. The monoisotopic (exact) mass is 421 g/mol. The molecule has 28 heavy (non-hydrogen) atoms. The lowest BCUT2D eigenvalue weighted by atomic mass is 10.2. The number of sulfonamides is 1. The Balaban J connectivity index is 1.72. The zero-order valence-corrected chi connectivity index (χ0v) is 17.1. The number of ether oxygens (including phenoxy) is 2. The molecule has 0 saturated carbocycles. The summed E-state index contributed by atoms with van der Waals surface area (Å²) in [7, 11) is -0.604. The van der Waals surface area contributed by atoms with Crippen molar-refractivity contribution in [1.82, 2.24) is 14.9 Å². The number of nitrogens with zero attached hydrogens (tertiary/aromatic N) is 2. The summed E-state index contributed by atoms with van der Waals surface area (Å²) < 4.78 is 42.9. The summed E-state index contributed by atoms with van der Waals surface area (Å²) in [6.45, 7) is -0.118. The van der Waals surface area contributed by atoms with Crippen LogP contribution in [0.25, 0.3) is 11.4 Å².